The fourth-order valence-corrected chi connectivity index (χ4v) is 2.97. The van der Waals surface area contributed by atoms with Crippen LogP contribution in [0.15, 0.2) is 33.2 Å². The molecule has 0 saturated carbocycles. The maximum atomic E-state index is 11.4. The lowest BCUT2D eigenvalue weighted by molar-refractivity contribution is 0.0693. The van der Waals surface area contributed by atoms with E-state index in [1.165, 1.54) is 18.7 Å². The number of aromatic carboxylic acids is 1. The fourth-order valence-electron chi connectivity index (χ4n) is 1.99. The summed E-state index contributed by atoms with van der Waals surface area (Å²) in [4.78, 5) is 20.1. The van der Waals surface area contributed by atoms with E-state index in [9.17, 15) is 9.90 Å². The number of fused-ring (bicyclic) bond motifs is 1. The molecule has 102 valence electrons. The summed E-state index contributed by atoms with van der Waals surface area (Å²) >= 11 is 1.15. The van der Waals surface area contributed by atoms with E-state index in [0.29, 0.717) is 26.8 Å². The monoisotopic (exact) mass is 290 g/mol. The summed E-state index contributed by atoms with van der Waals surface area (Å²) in [5, 5.41) is 14.7. The number of aryl methyl sites for hydroxylation is 2. The molecule has 0 saturated heterocycles. The van der Waals surface area contributed by atoms with Crippen molar-refractivity contribution in [1.82, 2.24) is 19.7 Å². The molecule has 0 amide bonds. The van der Waals surface area contributed by atoms with E-state index in [1.54, 1.807) is 11.7 Å². The highest BCUT2D eigenvalue weighted by Crippen LogP contribution is 2.36. The van der Waals surface area contributed by atoms with Gasteiger partial charge < -0.3 is 9.52 Å². The first-order chi connectivity index (χ1) is 9.58. The molecule has 8 heteroatoms. The zero-order valence-electron chi connectivity index (χ0n) is 10.7. The third-order valence-electron chi connectivity index (χ3n) is 2.81. The van der Waals surface area contributed by atoms with E-state index < -0.39 is 5.97 Å². The van der Waals surface area contributed by atoms with Crippen molar-refractivity contribution in [3.05, 3.63) is 29.9 Å². The van der Waals surface area contributed by atoms with E-state index in [4.69, 9.17) is 4.42 Å². The normalized spacial score (nSPS) is 11.1. The minimum atomic E-state index is -1.04. The SMILES string of the molecule is Cc1nn(C)c2ncc(C(=O)O)c(Sc3ncco3)c12. The molecule has 0 unspecified atom stereocenters. The van der Waals surface area contributed by atoms with Gasteiger partial charge >= 0.3 is 5.97 Å². The predicted octanol–water partition coefficient (Wildman–Crippen LogP) is 2.11. The van der Waals surface area contributed by atoms with E-state index in [1.807, 2.05) is 6.92 Å². The molecule has 0 aromatic carbocycles. The van der Waals surface area contributed by atoms with Gasteiger partial charge in [-0.25, -0.2) is 14.8 Å². The second kappa shape index (κ2) is 4.64. The number of pyridine rings is 1. The van der Waals surface area contributed by atoms with Gasteiger partial charge in [0.15, 0.2) is 5.65 Å². The van der Waals surface area contributed by atoms with Crippen LogP contribution in [0.25, 0.3) is 11.0 Å². The van der Waals surface area contributed by atoms with Crippen LogP contribution >= 0.6 is 11.8 Å². The lowest BCUT2D eigenvalue weighted by Crippen LogP contribution is -2.01. The Kier molecular flexibility index (Phi) is 2.94. The summed E-state index contributed by atoms with van der Waals surface area (Å²) < 4.78 is 6.80. The highest BCUT2D eigenvalue weighted by molar-refractivity contribution is 7.99. The Morgan fingerprint density at radius 2 is 2.25 bits per heavy atom. The Morgan fingerprint density at radius 1 is 1.45 bits per heavy atom. The van der Waals surface area contributed by atoms with Gasteiger partial charge in [0.05, 0.1) is 22.8 Å². The van der Waals surface area contributed by atoms with Crippen LogP contribution < -0.4 is 0 Å². The topological polar surface area (TPSA) is 94.0 Å². The molecule has 0 spiro atoms. The highest BCUT2D eigenvalue weighted by atomic mass is 32.2. The van der Waals surface area contributed by atoms with Gasteiger partial charge in [-0.2, -0.15) is 5.10 Å². The van der Waals surface area contributed by atoms with Crippen molar-refractivity contribution in [2.45, 2.75) is 17.0 Å². The van der Waals surface area contributed by atoms with Gasteiger partial charge in [0.25, 0.3) is 5.22 Å². The number of hydrogen-bond acceptors (Lipinski definition) is 6. The second-order valence-electron chi connectivity index (χ2n) is 4.11. The van der Waals surface area contributed by atoms with Gasteiger partial charge in [0, 0.05) is 18.1 Å². The number of nitrogens with zero attached hydrogens (tertiary/aromatic N) is 4. The van der Waals surface area contributed by atoms with Gasteiger partial charge in [-0.15, -0.1) is 0 Å². The summed E-state index contributed by atoms with van der Waals surface area (Å²) in [6, 6.07) is 0. The first kappa shape index (κ1) is 12.7. The average Bonchev–Trinajstić information content (AvgIpc) is 2.99. The van der Waals surface area contributed by atoms with Crippen LogP contribution in [0.4, 0.5) is 0 Å². The summed E-state index contributed by atoms with van der Waals surface area (Å²) in [6.45, 7) is 1.81. The van der Waals surface area contributed by atoms with Gasteiger partial charge in [0.2, 0.25) is 0 Å². The maximum absolute atomic E-state index is 11.4. The number of hydrogen-bond donors (Lipinski definition) is 1. The van der Waals surface area contributed by atoms with E-state index in [0.717, 1.165) is 11.8 Å². The molecule has 3 aromatic rings. The minimum absolute atomic E-state index is 0.108. The number of aromatic nitrogens is 4. The molecule has 0 bridgehead atoms. The summed E-state index contributed by atoms with van der Waals surface area (Å²) in [5.41, 5.74) is 1.45. The molecule has 0 aliphatic carbocycles. The van der Waals surface area contributed by atoms with Crippen molar-refractivity contribution in [3.8, 4) is 0 Å². The number of carbonyl (C=O) groups is 1. The van der Waals surface area contributed by atoms with E-state index in [2.05, 4.69) is 15.1 Å². The molecule has 0 fully saturated rings. The first-order valence-electron chi connectivity index (χ1n) is 5.71. The zero-order chi connectivity index (χ0) is 14.3. The Morgan fingerprint density at radius 3 is 2.90 bits per heavy atom. The van der Waals surface area contributed by atoms with Gasteiger partial charge in [-0.05, 0) is 18.7 Å². The fraction of sp³-hybridized carbons (Fsp3) is 0.167. The maximum Gasteiger partial charge on any atom is 0.338 e. The smallest absolute Gasteiger partial charge is 0.338 e. The van der Waals surface area contributed by atoms with Crippen molar-refractivity contribution in [2.24, 2.45) is 7.05 Å². The van der Waals surface area contributed by atoms with Crippen molar-refractivity contribution in [3.63, 3.8) is 0 Å². The van der Waals surface area contributed by atoms with E-state index in [-0.39, 0.29) is 5.56 Å². The molecular weight excluding hydrogens is 280 g/mol. The summed E-state index contributed by atoms with van der Waals surface area (Å²) in [5.74, 6) is -1.04. The highest BCUT2D eigenvalue weighted by Gasteiger charge is 2.21. The molecule has 7 nitrogen and oxygen atoms in total. The summed E-state index contributed by atoms with van der Waals surface area (Å²) in [7, 11) is 1.77. The number of carboxylic acids is 1. The van der Waals surface area contributed by atoms with Crippen LogP contribution in [0.5, 0.6) is 0 Å². The molecule has 3 heterocycles. The largest absolute Gasteiger partial charge is 0.478 e. The van der Waals surface area contributed by atoms with Gasteiger partial charge in [-0.1, -0.05) is 0 Å². The molecule has 3 rings (SSSR count). The average molecular weight is 290 g/mol. The van der Waals surface area contributed by atoms with Crippen LogP contribution in [-0.2, 0) is 7.05 Å². The van der Waals surface area contributed by atoms with Crippen LogP contribution in [0, 0.1) is 6.92 Å². The zero-order valence-corrected chi connectivity index (χ0v) is 11.5. The van der Waals surface area contributed by atoms with Crippen molar-refractivity contribution in [2.75, 3.05) is 0 Å². The van der Waals surface area contributed by atoms with Crippen LogP contribution in [0.3, 0.4) is 0 Å². The lowest BCUT2D eigenvalue weighted by atomic mass is 10.2. The Balaban J connectivity index is 2.29. The molecule has 0 atom stereocenters. The molecule has 1 N–H and O–H groups in total. The number of carboxylic acid groups (broad SMARTS) is 1. The number of oxazole rings is 1. The predicted molar refractivity (Wildman–Crippen MR) is 70.8 cm³/mol. The standard InChI is InChI=1S/C12H10N4O3S/c1-6-8-9(20-12-13-3-4-19-12)7(11(17)18)5-14-10(8)16(2)15-6/h3-5H,1-2H3,(H,17,18). The van der Waals surface area contributed by atoms with Crippen LogP contribution in [0.2, 0.25) is 0 Å². The Hall–Kier alpha value is -2.35. The molecule has 3 aromatic heterocycles. The molecule has 0 aliphatic rings. The Labute approximate surface area is 117 Å². The van der Waals surface area contributed by atoms with Crippen LogP contribution in [0.1, 0.15) is 16.1 Å². The molecule has 20 heavy (non-hydrogen) atoms. The molecule has 0 aliphatic heterocycles. The molecule has 0 radical (unpaired) electrons. The minimum Gasteiger partial charge on any atom is -0.478 e. The Bertz CT molecular complexity index is 795. The third-order valence-corrected chi connectivity index (χ3v) is 3.81. The van der Waals surface area contributed by atoms with Crippen molar-refractivity contribution < 1.29 is 14.3 Å². The second-order valence-corrected chi connectivity index (χ2v) is 5.08. The van der Waals surface area contributed by atoms with E-state index >= 15 is 0 Å². The summed E-state index contributed by atoms with van der Waals surface area (Å²) in [6.07, 6.45) is 4.28. The van der Waals surface area contributed by atoms with Gasteiger partial charge in [0.1, 0.15) is 6.26 Å². The first-order valence-corrected chi connectivity index (χ1v) is 6.52. The van der Waals surface area contributed by atoms with Gasteiger partial charge in [-0.3, -0.25) is 4.68 Å². The van der Waals surface area contributed by atoms with Crippen molar-refractivity contribution >= 4 is 28.8 Å². The molecular formula is C12H10N4O3S. The lowest BCUT2D eigenvalue weighted by Gasteiger charge is -2.05. The van der Waals surface area contributed by atoms with Crippen molar-refractivity contribution in [1.29, 1.82) is 0 Å². The quantitative estimate of drug-likeness (QED) is 0.789. The van der Waals surface area contributed by atoms with Crippen LogP contribution in [-0.4, -0.2) is 30.8 Å². The number of rotatable bonds is 3. The third kappa shape index (κ3) is 1.94.